The van der Waals surface area contributed by atoms with Crippen LogP contribution in [-0.4, -0.2) is 28.8 Å². The number of aromatic nitrogens is 1. The van der Waals surface area contributed by atoms with Crippen molar-refractivity contribution >= 4 is 17.6 Å². The predicted molar refractivity (Wildman–Crippen MR) is 125 cm³/mol. The monoisotopic (exact) mass is 469 g/mol. The summed E-state index contributed by atoms with van der Waals surface area (Å²) >= 11 is 5.86. The molecule has 172 valence electrons. The number of carbonyl (C=O) groups is 1. The highest BCUT2D eigenvalue weighted by Gasteiger charge is 2.27. The third-order valence-electron chi connectivity index (χ3n) is 5.91. The molecular formula is C26H25ClFNO4. The Kier molecular flexibility index (Phi) is 7.14. The second-order valence-electron chi connectivity index (χ2n) is 8.33. The third-order valence-corrected chi connectivity index (χ3v) is 6.13. The Labute approximate surface area is 197 Å². The molecule has 0 amide bonds. The zero-order valence-electron chi connectivity index (χ0n) is 18.1. The van der Waals surface area contributed by atoms with Crippen LogP contribution in [0.4, 0.5) is 4.39 Å². The number of ether oxygens (including phenoxy) is 2. The van der Waals surface area contributed by atoms with Gasteiger partial charge in [-0.15, -0.1) is 0 Å². The van der Waals surface area contributed by atoms with Crippen LogP contribution in [-0.2, 0) is 11.2 Å². The van der Waals surface area contributed by atoms with Gasteiger partial charge in [0, 0.05) is 29.3 Å². The molecule has 0 spiro atoms. The fourth-order valence-corrected chi connectivity index (χ4v) is 4.26. The second kappa shape index (κ2) is 10.2. The first kappa shape index (κ1) is 23.1. The van der Waals surface area contributed by atoms with E-state index in [1.54, 1.807) is 24.4 Å². The summed E-state index contributed by atoms with van der Waals surface area (Å²) in [5.74, 6) is -0.284. The first-order chi connectivity index (χ1) is 15.9. The van der Waals surface area contributed by atoms with E-state index in [0.717, 1.165) is 29.5 Å². The summed E-state index contributed by atoms with van der Waals surface area (Å²) in [5, 5.41) is 9.51. The molecule has 2 heterocycles. The van der Waals surface area contributed by atoms with Crippen molar-refractivity contribution in [1.29, 1.82) is 0 Å². The number of halogens is 2. The Bertz CT molecular complexity index is 1110. The topological polar surface area (TPSA) is 68.7 Å². The van der Waals surface area contributed by atoms with Gasteiger partial charge in [0.1, 0.15) is 28.6 Å². The van der Waals surface area contributed by atoms with Gasteiger partial charge in [0.25, 0.3) is 0 Å². The highest BCUT2D eigenvalue weighted by molar-refractivity contribution is 6.29. The predicted octanol–water partition coefficient (Wildman–Crippen LogP) is 6.20. The molecule has 1 aliphatic carbocycles. The van der Waals surface area contributed by atoms with Gasteiger partial charge in [-0.1, -0.05) is 42.0 Å². The average molecular weight is 470 g/mol. The molecule has 5 nitrogen and oxygen atoms in total. The molecule has 33 heavy (non-hydrogen) atoms. The van der Waals surface area contributed by atoms with Crippen molar-refractivity contribution in [1.82, 2.24) is 4.98 Å². The molecular weight excluding hydrogens is 445 g/mol. The molecule has 0 saturated heterocycles. The molecule has 2 aromatic rings. The SMILES string of the molecule is C=C1/C(F)=C\C=C(\Cc2ccc(Cl)nc2)CCC[C@H]1Oc1ccc2c(c1)OC[C@H]2CC(=O)O. The summed E-state index contributed by atoms with van der Waals surface area (Å²) in [7, 11) is 0. The number of pyridine rings is 1. The van der Waals surface area contributed by atoms with Crippen LogP contribution >= 0.6 is 11.6 Å². The molecule has 4 rings (SSSR count). The lowest BCUT2D eigenvalue weighted by molar-refractivity contribution is -0.137. The zero-order chi connectivity index (χ0) is 23.4. The van der Waals surface area contributed by atoms with Crippen molar-refractivity contribution in [3.8, 4) is 11.5 Å². The normalized spacial score (nSPS) is 23.6. The minimum absolute atomic E-state index is 0.0179. The lowest BCUT2D eigenvalue weighted by atomic mass is 9.98. The van der Waals surface area contributed by atoms with Crippen molar-refractivity contribution in [3.05, 3.63) is 88.5 Å². The minimum Gasteiger partial charge on any atom is -0.492 e. The van der Waals surface area contributed by atoms with E-state index in [-0.39, 0.29) is 12.3 Å². The molecule has 0 bridgehead atoms. The molecule has 0 saturated carbocycles. The number of carboxylic acid groups (broad SMARTS) is 1. The molecule has 2 atom stereocenters. The Hall–Kier alpha value is -3.12. The smallest absolute Gasteiger partial charge is 0.304 e. The van der Waals surface area contributed by atoms with E-state index in [0.29, 0.717) is 41.7 Å². The number of allylic oxidation sites excluding steroid dienone is 3. The van der Waals surface area contributed by atoms with Gasteiger partial charge in [-0.05, 0) is 49.5 Å². The summed E-state index contributed by atoms with van der Waals surface area (Å²) in [5.41, 5.74) is 3.27. The Morgan fingerprint density at radius 1 is 1.30 bits per heavy atom. The van der Waals surface area contributed by atoms with E-state index in [1.807, 2.05) is 18.2 Å². The standard InChI is InChI=1S/C26H25ClFNO4/c1-16-22(28)9-5-17(11-18-6-10-25(27)29-14-18)3-2-4-23(16)33-20-7-8-21-19(12-26(30)31)15-32-24(21)13-20/h5-10,13-14,19,23H,1-4,11-12,15H2,(H,30,31)/b17-5+,22-9+/t19-,23-/m1/s1. The largest absolute Gasteiger partial charge is 0.492 e. The van der Waals surface area contributed by atoms with Gasteiger partial charge in [-0.25, -0.2) is 9.37 Å². The molecule has 2 aliphatic rings. The first-order valence-electron chi connectivity index (χ1n) is 10.9. The number of hydrogen-bond donors (Lipinski definition) is 1. The number of rotatable bonds is 6. The van der Waals surface area contributed by atoms with E-state index in [1.165, 1.54) is 6.08 Å². The summed E-state index contributed by atoms with van der Waals surface area (Å²) in [6.45, 7) is 4.26. The van der Waals surface area contributed by atoms with Crippen LogP contribution in [0.2, 0.25) is 5.15 Å². The van der Waals surface area contributed by atoms with Gasteiger partial charge in [0.15, 0.2) is 0 Å². The van der Waals surface area contributed by atoms with Crippen LogP contribution in [0.1, 0.15) is 42.7 Å². The van der Waals surface area contributed by atoms with Crippen LogP contribution < -0.4 is 9.47 Å². The molecule has 0 fully saturated rings. The second-order valence-corrected chi connectivity index (χ2v) is 8.72. The van der Waals surface area contributed by atoms with E-state index in [4.69, 9.17) is 26.2 Å². The summed E-state index contributed by atoms with van der Waals surface area (Å²) in [6, 6.07) is 9.02. The Balaban J connectivity index is 1.43. The highest BCUT2D eigenvalue weighted by atomic mass is 35.5. The summed E-state index contributed by atoms with van der Waals surface area (Å²) < 4.78 is 26.6. The third kappa shape index (κ3) is 5.82. The lowest BCUT2D eigenvalue weighted by Gasteiger charge is -2.21. The van der Waals surface area contributed by atoms with Crippen LogP contribution in [0.3, 0.4) is 0 Å². The van der Waals surface area contributed by atoms with E-state index in [2.05, 4.69) is 11.6 Å². The minimum atomic E-state index is -0.860. The van der Waals surface area contributed by atoms with Gasteiger partial charge in [0.05, 0.1) is 13.0 Å². The maximum absolute atomic E-state index is 14.8. The van der Waals surface area contributed by atoms with Crippen LogP contribution in [0, 0.1) is 0 Å². The molecule has 7 heteroatoms. The molecule has 0 unspecified atom stereocenters. The van der Waals surface area contributed by atoms with Crippen molar-refractivity contribution in [2.75, 3.05) is 6.61 Å². The number of fused-ring (bicyclic) bond motifs is 1. The number of benzene rings is 1. The van der Waals surface area contributed by atoms with Crippen molar-refractivity contribution < 1.29 is 23.8 Å². The molecule has 0 radical (unpaired) electrons. The van der Waals surface area contributed by atoms with Crippen molar-refractivity contribution in [2.24, 2.45) is 0 Å². The molecule has 1 aliphatic heterocycles. The van der Waals surface area contributed by atoms with Gasteiger partial charge in [-0.2, -0.15) is 0 Å². The first-order valence-corrected chi connectivity index (χ1v) is 11.3. The Morgan fingerprint density at radius 3 is 2.91 bits per heavy atom. The summed E-state index contributed by atoms with van der Waals surface area (Å²) in [4.78, 5) is 15.2. The number of aliphatic carboxylic acids is 1. The van der Waals surface area contributed by atoms with Crippen LogP contribution in [0.25, 0.3) is 0 Å². The average Bonchev–Trinajstić information content (AvgIpc) is 3.19. The van der Waals surface area contributed by atoms with Crippen LogP contribution in [0.15, 0.2) is 72.2 Å². The van der Waals surface area contributed by atoms with Crippen LogP contribution in [0.5, 0.6) is 11.5 Å². The number of hydrogen-bond acceptors (Lipinski definition) is 4. The lowest BCUT2D eigenvalue weighted by Crippen LogP contribution is -2.19. The van der Waals surface area contributed by atoms with Crippen molar-refractivity contribution in [3.63, 3.8) is 0 Å². The fraction of sp³-hybridized carbons (Fsp3) is 0.308. The maximum atomic E-state index is 14.8. The molecule has 1 N–H and O–H groups in total. The fourth-order valence-electron chi connectivity index (χ4n) is 4.15. The van der Waals surface area contributed by atoms with Crippen molar-refractivity contribution in [2.45, 2.75) is 44.1 Å². The molecule has 1 aromatic heterocycles. The number of nitrogens with zero attached hydrogens (tertiary/aromatic N) is 1. The quantitative estimate of drug-likeness (QED) is 0.510. The van der Waals surface area contributed by atoms with E-state index >= 15 is 0 Å². The molecule has 1 aromatic carbocycles. The number of carboxylic acids is 1. The van der Waals surface area contributed by atoms with E-state index < -0.39 is 17.9 Å². The Morgan fingerprint density at radius 2 is 2.15 bits per heavy atom. The van der Waals surface area contributed by atoms with Gasteiger partial charge in [-0.3, -0.25) is 4.79 Å². The van der Waals surface area contributed by atoms with E-state index in [9.17, 15) is 9.18 Å². The highest BCUT2D eigenvalue weighted by Crippen LogP contribution is 2.39. The maximum Gasteiger partial charge on any atom is 0.304 e. The van der Waals surface area contributed by atoms with Gasteiger partial charge in [0.2, 0.25) is 0 Å². The summed E-state index contributed by atoms with van der Waals surface area (Å²) in [6.07, 6.45) is 7.38. The van der Waals surface area contributed by atoms with Gasteiger partial charge >= 0.3 is 5.97 Å². The zero-order valence-corrected chi connectivity index (χ0v) is 18.9. The van der Waals surface area contributed by atoms with Gasteiger partial charge < -0.3 is 14.6 Å².